The van der Waals surface area contributed by atoms with Crippen molar-refractivity contribution in [3.8, 4) is 11.5 Å². The fraction of sp³-hybridized carbons (Fsp3) is 0.160. The van der Waals surface area contributed by atoms with E-state index in [-0.39, 0.29) is 12.5 Å². The molecule has 0 atom stereocenters. The van der Waals surface area contributed by atoms with Crippen LogP contribution in [0.5, 0.6) is 11.5 Å². The quantitative estimate of drug-likeness (QED) is 0.383. The highest BCUT2D eigenvalue weighted by Gasteiger charge is 2.07. The van der Waals surface area contributed by atoms with Crippen molar-refractivity contribution in [3.05, 3.63) is 95.1 Å². The molecule has 4 aromatic rings. The maximum Gasteiger partial charge on any atom is 0.257 e. The SMILES string of the molecule is O=C(COc1ccc(Cl)cc1)NCCc1c[nH]c2cc(OCc3ccccc3)ccc12. The number of carbonyl (C=O) groups is 1. The molecule has 0 radical (unpaired) electrons. The van der Waals surface area contributed by atoms with Gasteiger partial charge in [0.25, 0.3) is 5.91 Å². The summed E-state index contributed by atoms with van der Waals surface area (Å²) in [5.74, 6) is 1.27. The maximum atomic E-state index is 12.0. The summed E-state index contributed by atoms with van der Waals surface area (Å²) >= 11 is 5.84. The van der Waals surface area contributed by atoms with Gasteiger partial charge in [0.1, 0.15) is 18.1 Å². The lowest BCUT2D eigenvalue weighted by atomic mass is 10.1. The van der Waals surface area contributed by atoms with E-state index in [4.69, 9.17) is 21.1 Å². The van der Waals surface area contributed by atoms with E-state index in [2.05, 4.69) is 10.3 Å². The van der Waals surface area contributed by atoms with Crippen molar-refractivity contribution in [2.24, 2.45) is 0 Å². The molecule has 0 saturated carbocycles. The second-order valence-electron chi connectivity index (χ2n) is 7.14. The summed E-state index contributed by atoms with van der Waals surface area (Å²) in [5.41, 5.74) is 3.28. The molecule has 0 fully saturated rings. The molecule has 1 aromatic heterocycles. The summed E-state index contributed by atoms with van der Waals surface area (Å²) in [7, 11) is 0. The molecular formula is C25H23ClN2O3. The van der Waals surface area contributed by atoms with E-state index in [9.17, 15) is 4.79 Å². The molecule has 0 aliphatic rings. The first kappa shape index (κ1) is 20.8. The number of halogens is 1. The summed E-state index contributed by atoms with van der Waals surface area (Å²) in [6.07, 6.45) is 2.69. The van der Waals surface area contributed by atoms with Crippen molar-refractivity contribution < 1.29 is 14.3 Å². The number of nitrogens with one attached hydrogen (secondary N) is 2. The van der Waals surface area contributed by atoms with E-state index >= 15 is 0 Å². The third-order valence-corrected chi connectivity index (χ3v) is 5.14. The Hall–Kier alpha value is -3.44. The molecular weight excluding hydrogens is 412 g/mol. The highest BCUT2D eigenvalue weighted by molar-refractivity contribution is 6.30. The Labute approximate surface area is 186 Å². The van der Waals surface area contributed by atoms with Gasteiger partial charge in [-0.1, -0.05) is 41.9 Å². The molecule has 31 heavy (non-hydrogen) atoms. The van der Waals surface area contributed by atoms with Crippen LogP contribution >= 0.6 is 11.6 Å². The van der Waals surface area contributed by atoms with Gasteiger partial charge in [0, 0.05) is 34.7 Å². The summed E-state index contributed by atoms with van der Waals surface area (Å²) in [4.78, 5) is 15.3. The van der Waals surface area contributed by atoms with Crippen LogP contribution in [0.1, 0.15) is 11.1 Å². The van der Waals surface area contributed by atoms with Crippen LogP contribution < -0.4 is 14.8 Å². The van der Waals surface area contributed by atoms with Gasteiger partial charge in [0.05, 0.1) is 0 Å². The number of aromatic amines is 1. The van der Waals surface area contributed by atoms with Crippen LogP contribution in [0.4, 0.5) is 0 Å². The Balaban J connectivity index is 1.25. The lowest BCUT2D eigenvalue weighted by Crippen LogP contribution is -2.30. The number of carbonyl (C=O) groups excluding carboxylic acids is 1. The first-order valence-corrected chi connectivity index (χ1v) is 10.5. The van der Waals surface area contributed by atoms with E-state index in [0.29, 0.717) is 23.9 Å². The first-order chi connectivity index (χ1) is 15.2. The van der Waals surface area contributed by atoms with Crippen molar-refractivity contribution in [2.45, 2.75) is 13.0 Å². The Morgan fingerprint density at radius 3 is 2.52 bits per heavy atom. The van der Waals surface area contributed by atoms with Gasteiger partial charge in [-0.05, 0) is 53.9 Å². The Kier molecular flexibility index (Phi) is 6.75. The van der Waals surface area contributed by atoms with Crippen molar-refractivity contribution in [2.75, 3.05) is 13.2 Å². The molecule has 0 spiro atoms. The van der Waals surface area contributed by atoms with Gasteiger partial charge in [-0.25, -0.2) is 0 Å². The smallest absolute Gasteiger partial charge is 0.257 e. The van der Waals surface area contributed by atoms with Crippen molar-refractivity contribution in [1.82, 2.24) is 10.3 Å². The van der Waals surface area contributed by atoms with Crippen LogP contribution in [0.15, 0.2) is 79.0 Å². The van der Waals surface area contributed by atoms with E-state index in [1.165, 1.54) is 0 Å². The van der Waals surface area contributed by atoms with E-state index in [1.54, 1.807) is 24.3 Å². The second-order valence-corrected chi connectivity index (χ2v) is 7.57. The number of hydrogen-bond donors (Lipinski definition) is 2. The van der Waals surface area contributed by atoms with E-state index in [1.807, 2.05) is 54.7 Å². The second kappa shape index (κ2) is 10.0. The van der Waals surface area contributed by atoms with Crippen molar-refractivity contribution >= 4 is 28.4 Å². The van der Waals surface area contributed by atoms with Gasteiger partial charge in [-0.3, -0.25) is 4.79 Å². The van der Waals surface area contributed by atoms with Gasteiger partial charge in [0.15, 0.2) is 6.61 Å². The monoisotopic (exact) mass is 434 g/mol. The minimum Gasteiger partial charge on any atom is -0.489 e. The normalized spacial score (nSPS) is 10.7. The molecule has 5 nitrogen and oxygen atoms in total. The number of fused-ring (bicyclic) bond motifs is 1. The van der Waals surface area contributed by atoms with E-state index in [0.717, 1.165) is 34.2 Å². The lowest BCUT2D eigenvalue weighted by Gasteiger charge is -2.08. The molecule has 1 heterocycles. The van der Waals surface area contributed by atoms with Gasteiger partial charge in [-0.15, -0.1) is 0 Å². The number of rotatable bonds is 9. The van der Waals surface area contributed by atoms with Crippen LogP contribution in [0.3, 0.4) is 0 Å². The number of benzene rings is 3. The summed E-state index contributed by atoms with van der Waals surface area (Å²) in [5, 5.41) is 4.64. The fourth-order valence-corrected chi connectivity index (χ4v) is 3.40. The summed E-state index contributed by atoms with van der Waals surface area (Å²) in [6, 6.07) is 23.0. The van der Waals surface area contributed by atoms with Crippen LogP contribution in [-0.4, -0.2) is 24.0 Å². The lowest BCUT2D eigenvalue weighted by molar-refractivity contribution is -0.123. The van der Waals surface area contributed by atoms with Gasteiger partial charge < -0.3 is 19.8 Å². The standard InChI is InChI=1S/C25H23ClN2O3/c26-20-6-8-21(9-7-20)31-17-25(29)27-13-12-19-15-28-24-14-22(10-11-23(19)24)30-16-18-4-2-1-3-5-18/h1-11,14-15,28H,12-13,16-17H2,(H,27,29). The highest BCUT2D eigenvalue weighted by Crippen LogP contribution is 2.24. The zero-order valence-corrected chi connectivity index (χ0v) is 17.7. The van der Waals surface area contributed by atoms with Gasteiger partial charge >= 0.3 is 0 Å². The molecule has 6 heteroatoms. The Morgan fingerprint density at radius 1 is 0.935 bits per heavy atom. The fourth-order valence-electron chi connectivity index (χ4n) is 3.27. The zero-order valence-electron chi connectivity index (χ0n) is 16.9. The van der Waals surface area contributed by atoms with Crippen LogP contribution in [0.25, 0.3) is 10.9 Å². The van der Waals surface area contributed by atoms with Gasteiger partial charge in [-0.2, -0.15) is 0 Å². The third-order valence-electron chi connectivity index (χ3n) is 4.89. The Bertz CT molecular complexity index is 1140. The van der Waals surface area contributed by atoms with Crippen molar-refractivity contribution in [1.29, 1.82) is 0 Å². The largest absolute Gasteiger partial charge is 0.489 e. The summed E-state index contributed by atoms with van der Waals surface area (Å²) < 4.78 is 11.4. The number of amides is 1. The topological polar surface area (TPSA) is 63.3 Å². The zero-order chi connectivity index (χ0) is 21.5. The minimum absolute atomic E-state index is 0.0301. The third kappa shape index (κ3) is 5.80. The molecule has 158 valence electrons. The highest BCUT2D eigenvalue weighted by atomic mass is 35.5. The predicted molar refractivity (Wildman–Crippen MR) is 123 cm³/mol. The minimum atomic E-state index is -0.161. The van der Waals surface area contributed by atoms with E-state index < -0.39 is 0 Å². The van der Waals surface area contributed by atoms with Crippen LogP contribution in [0.2, 0.25) is 5.02 Å². The number of hydrogen-bond acceptors (Lipinski definition) is 3. The molecule has 0 aliphatic carbocycles. The van der Waals surface area contributed by atoms with Crippen LogP contribution in [-0.2, 0) is 17.8 Å². The first-order valence-electron chi connectivity index (χ1n) is 10.1. The average Bonchev–Trinajstić information content (AvgIpc) is 3.20. The number of H-pyrrole nitrogens is 1. The van der Waals surface area contributed by atoms with Gasteiger partial charge in [0.2, 0.25) is 0 Å². The Morgan fingerprint density at radius 2 is 1.71 bits per heavy atom. The molecule has 2 N–H and O–H groups in total. The maximum absolute atomic E-state index is 12.0. The molecule has 0 bridgehead atoms. The average molecular weight is 435 g/mol. The molecule has 0 saturated heterocycles. The number of aromatic nitrogens is 1. The molecule has 0 unspecified atom stereocenters. The molecule has 3 aromatic carbocycles. The molecule has 1 amide bonds. The summed E-state index contributed by atoms with van der Waals surface area (Å²) in [6.45, 7) is 1.03. The molecule has 4 rings (SSSR count). The van der Waals surface area contributed by atoms with Crippen molar-refractivity contribution in [3.63, 3.8) is 0 Å². The number of ether oxygens (including phenoxy) is 2. The predicted octanol–water partition coefficient (Wildman–Crippen LogP) is 5.14. The molecule has 0 aliphatic heterocycles. The van der Waals surface area contributed by atoms with Crippen LogP contribution in [0, 0.1) is 0 Å².